The Morgan fingerprint density at radius 3 is 2.89 bits per heavy atom. The highest BCUT2D eigenvalue weighted by Crippen LogP contribution is 2.30. The molecule has 0 spiro atoms. The molecule has 0 amide bonds. The lowest BCUT2D eigenvalue weighted by Gasteiger charge is -2.17. The highest BCUT2D eigenvalue weighted by molar-refractivity contribution is 5.69. The monoisotopic (exact) mass is 250 g/mol. The predicted octanol–water partition coefficient (Wildman–Crippen LogP) is 1.17. The first kappa shape index (κ1) is 13.6. The number of nitro groups is 1. The molecule has 18 heavy (non-hydrogen) atoms. The van der Waals surface area contributed by atoms with Crippen LogP contribution in [0.1, 0.15) is 13.3 Å². The summed E-state index contributed by atoms with van der Waals surface area (Å²) in [5, 5.41) is 22.4. The van der Waals surface area contributed by atoms with Gasteiger partial charge in [0.05, 0.1) is 17.4 Å². The molecule has 0 unspecified atom stereocenters. The third kappa shape index (κ3) is 3.04. The number of hydrogen-bond acceptors (Lipinski definition) is 7. The Morgan fingerprint density at radius 2 is 2.33 bits per heavy atom. The zero-order valence-corrected chi connectivity index (χ0v) is 10.3. The predicted molar refractivity (Wildman–Crippen MR) is 66.4 cm³/mol. The lowest BCUT2D eigenvalue weighted by molar-refractivity contribution is -0.383. The van der Waals surface area contributed by atoms with Gasteiger partial charge in [-0.2, -0.15) is 5.26 Å². The van der Waals surface area contributed by atoms with Gasteiger partial charge in [-0.1, -0.05) is 0 Å². The Kier molecular flexibility index (Phi) is 4.80. The minimum absolute atomic E-state index is 0.167. The summed E-state index contributed by atoms with van der Waals surface area (Å²) < 4.78 is 0. The molecule has 1 heterocycles. The number of nitrogens with one attached hydrogen (secondary N) is 1. The summed E-state index contributed by atoms with van der Waals surface area (Å²) in [6, 6.07) is 1.99. The Balaban J connectivity index is 3.14. The van der Waals surface area contributed by atoms with E-state index in [4.69, 9.17) is 5.26 Å². The largest absolute Gasteiger partial charge is 0.364 e. The number of hydrogen-bond donors (Lipinski definition) is 1. The van der Waals surface area contributed by atoms with E-state index in [1.54, 1.807) is 11.9 Å². The van der Waals surface area contributed by atoms with Crippen molar-refractivity contribution in [2.75, 3.05) is 30.4 Å². The molecule has 1 aromatic heterocycles. The topological polar surface area (TPSA) is 108 Å². The van der Waals surface area contributed by atoms with E-state index in [2.05, 4.69) is 15.3 Å². The van der Waals surface area contributed by atoms with Crippen molar-refractivity contribution in [1.82, 2.24) is 9.97 Å². The summed E-state index contributed by atoms with van der Waals surface area (Å²) in [5.74, 6) is 0.400. The van der Waals surface area contributed by atoms with Crippen LogP contribution in [0.3, 0.4) is 0 Å². The van der Waals surface area contributed by atoms with Crippen LogP contribution < -0.4 is 10.2 Å². The van der Waals surface area contributed by atoms with Gasteiger partial charge in [0.25, 0.3) is 0 Å². The first-order valence-corrected chi connectivity index (χ1v) is 5.43. The van der Waals surface area contributed by atoms with Crippen LogP contribution in [0, 0.1) is 21.4 Å². The Labute approximate surface area is 104 Å². The van der Waals surface area contributed by atoms with Gasteiger partial charge in [0.1, 0.15) is 6.33 Å². The number of nitrogens with zero attached hydrogens (tertiary/aromatic N) is 5. The summed E-state index contributed by atoms with van der Waals surface area (Å²) in [4.78, 5) is 19.9. The minimum Gasteiger partial charge on any atom is -0.364 e. The van der Waals surface area contributed by atoms with Gasteiger partial charge in [-0.25, -0.2) is 9.97 Å². The van der Waals surface area contributed by atoms with Gasteiger partial charge in [-0.15, -0.1) is 0 Å². The molecule has 0 aromatic carbocycles. The van der Waals surface area contributed by atoms with Crippen LogP contribution in [0.15, 0.2) is 6.33 Å². The van der Waals surface area contributed by atoms with Crippen molar-refractivity contribution in [2.24, 2.45) is 0 Å². The van der Waals surface area contributed by atoms with E-state index in [9.17, 15) is 10.1 Å². The maximum absolute atomic E-state index is 11.1. The highest BCUT2D eigenvalue weighted by atomic mass is 16.6. The highest BCUT2D eigenvalue weighted by Gasteiger charge is 2.24. The summed E-state index contributed by atoms with van der Waals surface area (Å²) in [6.45, 7) is 2.73. The molecule has 1 aromatic rings. The average molecular weight is 250 g/mol. The quantitative estimate of drug-likeness (QED) is 0.596. The number of rotatable bonds is 6. The summed E-state index contributed by atoms with van der Waals surface area (Å²) in [7, 11) is 1.66. The summed E-state index contributed by atoms with van der Waals surface area (Å²) in [6.07, 6.45) is 1.54. The molecule has 0 atom stereocenters. The maximum atomic E-state index is 11.1. The van der Waals surface area contributed by atoms with Gasteiger partial charge in [0.2, 0.25) is 11.6 Å². The van der Waals surface area contributed by atoms with E-state index in [-0.39, 0.29) is 23.7 Å². The van der Waals surface area contributed by atoms with E-state index < -0.39 is 4.92 Å². The second-order valence-electron chi connectivity index (χ2n) is 3.51. The van der Waals surface area contributed by atoms with Crippen molar-refractivity contribution < 1.29 is 4.92 Å². The summed E-state index contributed by atoms with van der Waals surface area (Å²) >= 11 is 0. The molecule has 0 aliphatic rings. The van der Waals surface area contributed by atoms with Crippen molar-refractivity contribution in [3.05, 3.63) is 16.4 Å². The first-order chi connectivity index (χ1) is 8.61. The fourth-order valence-corrected chi connectivity index (χ4v) is 1.44. The van der Waals surface area contributed by atoms with Crippen LogP contribution in [-0.4, -0.2) is 35.0 Å². The molecule has 0 fully saturated rings. The average Bonchev–Trinajstić information content (AvgIpc) is 2.35. The normalized spacial score (nSPS) is 9.61. The molecular formula is C10H14N6O2. The Morgan fingerprint density at radius 1 is 1.61 bits per heavy atom. The fraction of sp³-hybridized carbons (Fsp3) is 0.500. The number of aromatic nitrogens is 2. The molecular weight excluding hydrogens is 236 g/mol. The fourth-order valence-electron chi connectivity index (χ4n) is 1.44. The second kappa shape index (κ2) is 6.34. The molecule has 0 saturated carbocycles. The first-order valence-electron chi connectivity index (χ1n) is 5.43. The van der Waals surface area contributed by atoms with Crippen molar-refractivity contribution in [3.63, 3.8) is 0 Å². The van der Waals surface area contributed by atoms with E-state index in [0.717, 1.165) is 0 Å². The lowest BCUT2D eigenvalue weighted by atomic mass is 10.3. The van der Waals surface area contributed by atoms with E-state index in [0.29, 0.717) is 13.1 Å². The van der Waals surface area contributed by atoms with E-state index in [1.807, 2.05) is 13.0 Å². The van der Waals surface area contributed by atoms with Gasteiger partial charge in [0.15, 0.2) is 0 Å². The van der Waals surface area contributed by atoms with Crippen LogP contribution in [-0.2, 0) is 0 Å². The van der Waals surface area contributed by atoms with Gasteiger partial charge in [-0.05, 0) is 6.92 Å². The maximum Gasteiger partial charge on any atom is 0.353 e. The molecule has 0 radical (unpaired) electrons. The van der Waals surface area contributed by atoms with Crippen LogP contribution in [0.2, 0.25) is 0 Å². The lowest BCUT2D eigenvalue weighted by Crippen LogP contribution is -2.21. The molecule has 1 N–H and O–H groups in total. The van der Waals surface area contributed by atoms with Crippen LogP contribution >= 0.6 is 0 Å². The molecule has 0 aliphatic carbocycles. The number of nitriles is 1. The van der Waals surface area contributed by atoms with Crippen molar-refractivity contribution in [2.45, 2.75) is 13.3 Å². The van der Waals surface area contributed by atoms with E-state index in [1.165, 1.54) is 6.33 Å². The van der Waals surface area contributed by atoms with Crippen molar-refractivity contribution in [3.8, 4) is 6.07 Å². The molecule has 0 saturated heterocycles. The SMILES string of the molecule is CCNc1ncnc(N(C)CCC#N)c1[N+](=O)[O-]. The Bertz CT molecular complexity index is 470. The molecule has 1 rings (SSSR count). The Hall–Kier alpha value is -2.43. The van der Waals surface area contributed by atoms with Crippen LogP contribution in [0.25, 0.3) is 0 Å². The summed E-state index contributed by atoms with van der Waals surface area (Å²) in [5.41, 5.74) is -0.167. The zero-order chi connectivity index (χ0) is 13.5. The second-order valence-corrected chi connectivity index (χ2v) is 3.51. The minimum atomic E-state index is -0.518. The number of anilines is 2. The van der Waals surface area contributed by atoms with Gasteiger partial charge < -0.3 is 10.2 Å². The van der Waals surface area contributed by atoms with Gasteiger partial charge in [0, 0.05) is 20.1 Å². The third-order valence-corrected chi connectivity index (χ3v) is 2.25. The molecule has 0 aliphatic heterocycles. The molecule has 8 heteroatoms. The van der Waals surface area contributed by atoms with Crippen LogP contribution in [0.4, 0.5) is 17.3 Å². The van der Waals surface area contributed by atoms with E-state index >= 15 is 0 Å². The van der Waals surface area contributed by atoms with Crippen molar-refractivity contribution >= 4 is 17.3 Å². The smallest absolute Gasteiger partial charge is 0.353 e. The third-order valence-electron chi connectivity index (χ3n) is 2.25. The van der Waals surface area contributed by atoms with Crippen molar-refractivity contribution in [1.29, 1.82) is 5.26 Å². The van der Waals surface area contributed by atoms with Crippen LogP contribution in [0.5, 0.6) is 0 Å². The molecule has 8 nitrogen and oxygen atoms in total. The zero-order valence-electron chi connectivity index (χ0n) is 10.3. The molecule has 0 bridgehead atoms. The van der Waals surface area contributed by atoms with Gasteiger partial charge >= 0.3 is 5.69 Å². The van der Waals surface area contributed by atoms with Gasteiger partial charge in [-0.3, -0.25) is 10.1 Å². The molecule has 96 valence electrons. The standard InChI is InChI=1S/C10H14N6O2/c1-3-12-9-8(16(17)18)10(14-7-13-9)15(2)6-4-5-11/h7H,3-4,6H2,1-2H3,(H,12,13,14).